The number of aliphatic hydroxyl groups is 1. The topological polar surface area (TPSA) is 134 Å². The van der Waals surface area contributed by atoms with Crippen molar-refractivity contribution in [3.05, 3.63) is 82.7 Å². The molecule has 1 saturated carbocycles. The molecule has 1 aromatic heterocycles. The van der Waals surface area contributed by atoms with E-state index in [9.17, 15) is 14.7 Å². The number of carbonyl (C=O) groups is 3. The monoisotopic (exact) mass is 792 g/mol. The van der Waals surface area contributed by atoms with Crippen LogP contribution in [0.2, 0.25) is 0 Å². The molecule has 0 amide bonds. The predicted molar refractivity (Wildman–Crippen MR) is 219 cm³/mol. The smallest absolute Gasteiger partial charge is 0.344 e. The summed E-state index contributed by atoms with van der Waals surface area (Å²) in [4.78, 5) is 53.3. The second-order valence-corrected chi connectivity index (χ2v) is 17.5. The van der Waals surface area contributed by atoms with Crippen molar-refractivity contribution in [2.45, 2.75) is 93.9 Å². The number of nitrogens with one attached hydrogen (secondary N) is 1. The average molecular weight is 793 g/mol. The summed E-state index contributed by atoms with van der Waals surface area (Å²) in [6, 6.07) is 11.2. The van der Waals surface area contributed by atoms with Gasteiger partial charge in [0.05, 0.1) is 27.4 Å². The van der Waals surface area contributed by atoms with Crippen LogP contribution in [0.25, 0.3) is 10.9 Å². The molecule has 2 aromatic carbocycles. The number of esters is 3. The summed E-state index contributed by atoms with van der Waals surface area (Å²) in [5, 5.41) is 14.4. The van der Waals surface area contributed by atoms with Crippen molar-refractivity contribution in [3.8, 4) is 5.75 Å². The van der Waals surface area contributed by atoms with Gasteiger partial charge in [-0.3, -0.25) is 14.5 Å². The Hall–Kier alpha value is -4.81. The number of likely N-dealkylation sites (N-methyl/N-ethyl adjacent to an activating group) is 1. The molecule has 0 unspecified atom stereocenters. The number of aromatic amines is 1. The summed E-state index contributed by atoms with van der Waals surface area (Å²) in [5.74, 6) is -1.20. The van der Waals surface area contributed by atoms with Gasteiger partial charge in [0.1, 0.15) is 11.2 Å². The maximum absolute atomic E-state index is 15.3. The normalized spacial score (nSPS) is 33.5. The Kier molecular flexibility index (Phi) is 9.09. The Labute approximate surface area is 340 Å². The maximum atomic E-state index is 15.3. The van der Waals surface area contributed by atoms with E-state index < -0.39 is 45.9 Å². The van der Waals surface area contributed by atoms with Crippen molar-refractivity contribution in [1.82, 2.24) is 14.8 Å². The largest absolute Gasteiger partial charge is 0.496 e. The van der Waals surface area contributed by atoms with Crippen molar-refractivity contribution in [3.63, 3.8) is 0 Å². The first-order chi connectivity index (χ1) is 27.9. The molecular weight excluding hydrogens is 737 g/mol. The molecule has 8 atom stereocenters. The predicted octanol–water partition coefficient (Wildman–Crippen LogP) is 5.14. The summed E-state index contributed by atoms with van der Waals surface area (Å²) in [6.07, 6.45) is 9.26. The Morgan fingerprint density at radius 3 is 2.48 bits per heavy atom. The minimum absolute atomic E-state index is 0.115. The van der Waals surface area contributed by atoms with Gasteiger partial charge in [0.2, 0.25) is 5.60 Å². The third kappa shape index (κ3) is 4.90. The van der Waals surface area contributed by atoms with E-state index in [-0.39, 0.29) is 17.9 Å². The SMILES string of the molecule is CCC1=CN2CCc3c([nH]c4ccccc34)[C@@](C(=O)OC)(c3cc4c(cc3OC)N(C)[C@H]3[C@@](O)(C(=O)OC)[C@H](OC(C)=O)[C@]5(CC)C=CCN6CC[C@]43[C@@H]65)C[C@@H](C1)C2. The zero-order chi connectivity index (χ0) is 40.9. The van der Waals surface area contributed by atoms with E-state index in [1.54, 1.807) is 7.11 Å². The molecule has 1 aliphatic carbocycles. The third-order valence-electron chi connectivity index (χ3n) is 15.1. The number of aromatic nitrogens is 1. The molecule has 2 fully saturated rings. The summed E-state index contributed by atoms with van der Waals surface area (Å²) in [5.41, 5.74) is 1.14. The van der Waals surface area contributed by atoms with Gasteiger partial charge in [0.25, 0.3) is 0 Å². The van der Waals surface area contributed by atoms with Gasteiger partial charge in [-0.1, -0.05) is 49.8 Å². The lowest BCUT2D eigenvalue weighted by molar-refractivity contribution is -0.228. The second-order valence-electron chi connectivity index (χ2n) is 17.5. The van der Waals surface area contributed by atoms with E-state index in [0.717, 1.165) is 59.3 Å². The summed E-state index contributed by atoms with van der Waals surface area (Å²) in [6.45, 7) is 8.51. The number of anilines is 1. The van der Waals surface area contributed by atoms with Gasteiger partial charge in [-0.2, -0.15) is 0 Å². The van der Waals surface area contributed by atoms with Crippen molar-refractivity contribution in [2.24, 2.45) is 11.3 Å². The molecule has 58 heavy (non-hydrogen) atoms. The number of nitrogens with zero attached hydrogens (tertiary/aromatic N) is 3. The fraction of sp³-hybridized carbons (Fsp3) is 0.543. The molecular formula is C46H56N4O8. The fourth-order valence-corrected chi connectivity index (χ4v) is 13.1. The van der Waals surface area contributed by atoms with E-state index in [0.29, 0.717) is 50.1 Å². The molecule has 2 bridgehead atoms. The van der Waals surface area contributed by atoms with Gasteiger partial charge in [-0.15, -0.1) is 0 Å². The summed E-state index contributed by atoms with van der Waals surface area (Å²) >= 11 is 0. The van der Waals surface area contributed by atoms with Gasteiger partial charge in [0, 0.05) is 84.4 Å². The molecule has 6 heterocycles. The number of rotatable bonds is 7. The molecule has 2 N–H and O–H groups in total. The van der Waals surface area contributed by atoms with Crippen LogP contribution < -0.4 is 9.64 Å². The molecule has 308 valence electrons. The van der Waals surface area contributed by atoms with E-state index >= 15 is 4.79 Å². The van der Waals surface area contributed by atoms with Crippen LogP contribution in [0, 0.1) is 11.3 Å². The maximum Gasteiger partial charge on any atom is 0.344 e. The molecule has 3 aromatic rings. The first-order valence-corrected chi connectivity index (χ1v) is 20.9. The van der Waals surface area contributed by atoms with E-state index in [1.165, 1.54) is 26.7 Å². The molecule has 6 aliphatic rings. The number of ether oxygens (including phenoxy) is 4. The average Bonchev–Trinajstić information content (AvgIpc) is 3.89. The number of fused-ring (bicyclic) bond motifs is 6. The van der Waals surface area contributed by atoms with Crippen LogP contribution in [0.1, 0.15) is 75.3 Å². The standard InChI is InChI=1S/C46H56N4O8/c1-8-28-21-29-24-45(41(52)56-6,37-31(15-19-49(25-28)26-29)30-13-10-11-14-34(30)47-37)33-22-32-35(23-36(33)55-5)48(4)39-44(32)17-20-50-18-12-16-43(9-2,38(44)50)40(58-27(3)51)46(39,54)42(53)57-7/h10-14,16,22-23,25,29,38-40,47,54H,8-9,15,17-21,24,26H2,1-7H3/t29-,38+,39-,40-,43-,44-,45+,46+/m1/s1. The van der Waals surface area contributed by atoms with Crippen LogP contribution in [0.5, 0.6) is 5.75 Å². The number of hydrogen-bond acceptors (Lipinski definition) is 11. The van der Waals surface area contributed by atoms with Crippen molar-refractivity contribution in [2.75, 3.05) is 59.5 Å². The highest BCUT2D eigenvalue weighted by Gasteiger charge is 2.80. The number of benzene rings is 2. The highest BCUT2D eigenvalue weighted by Crippen LogP contribution is 2.68. The Bertz CT molecular complexity index is 2270. The first-order valence-electron chi connectivity index (χ1n) is 20.9. The lowest BCUT2D eigenvalue weighted by Gasteiger charge is -2.63. The molecule has 5 aliphatic heterocycles. The number of H-pyrrole nitrogens is 1. The van der Waals surface area contributed by atoms with Gasteiger partial charge in [-0.05, 0) is 80.4 Å². The first kappa shape index (κ1) is 38.7. The molecule has 9 rings (SSSR count). The van der Waals surface area contributed by atoms with Crippen molar-refractivity contribution in [1.29, 1.82) is 0 Å². The van der Waals surface area contributed by atoms with Gasteiger partial charge >= 0.3 is 17.9 Å². The zero-order valence-corrected chi connectivity index (χ0v) is 34.7. The Balaban J connectivity index is 1.37. The molecule has 12 heteroatoms. The Morgan fingerprint density at radius 2 is 1.78 bits per heavy atom. The lowest BCUT2D eigenvalue weighted by Crippen LogP contribution is -2.81. The van der Waals surface area contributed by atoms with Gasteiger partial charge < -0.3 is 38.8 Å². The lowest BCUT2D eigenvalue weighted by atomic mass is 9.47. The summed E-state index contributed by atoms with van der Waals surface area (Å²) in [7, 11) is 6.25. The van der Waals surface area contributed by atoms with Crippen LogP contribution in [-0.2, 0) is 45.8 Å². The molecule has 12 nitrogen and oxygen atoms in total. The molecule has 0 radical (unpaired) electrons. The fourth-order valence-electron chi connectivity index (χ4n) is 13.1. The second kappa shape index (κ2) is 13.6. The van der Waals surface area contributed by atoms with E-state index in [2.05, 4.69) is 58.3 Å². The van der Waals surface area contributed by atoms with Crippen LogP contribution >= 0.6 is 0 Å². The third-order valence-corrected chi connectivity index (χ3v) is 15.1. The van der Waals surface area contributed by atoms with E-state index in [4.69, 9.17) is 18.9 Å². The number of methoxy groups -OCH3 is 3. The number of hydrogen-bond donors (Lipinski definition) is 2. The quantitative estimate of drug-likeness (QED) is 0.187. The van der Waals surface area contributed by atoms with Gasteiger partial charge in [-0.25, -0.2) is 4.79 Å². The molecule has 1 saturated heterocycles. The van der Waals surface area contributed by atoms with Crippen molar-refractivity contribution >= 4 is 34.5 Å². The highest BCUT2D eigenvalue weighted by atomic mass is 16.6. The molecule has 1 spiro atoms. The number of carbonyl (C=O) groups excluding carboxylic acids is 3. The summed E-state index contributed by atoms with van der Waals surface area (Å²) < 4.78 is 24.0. The van der Waals surface area contributed by atoms with Crippen LogP contribution in [-0.4, -0.2) is 116 Å². The van der Waals surface area contributed by atoms with E-state index in [1.807, 2.05) is 37.1 Å². The van der Waals surface area contributed by atoms with Crippen LogP contribution in [0.4, 0.5) is 5.69 Å². The number of allylic oxidation sites excluding steroid dienone is 1. The Morgan fingerprint density at radius 1 is 1.00 bits per heavy atom. The van der Waals surface area contributed by atoms with Gasteiger partial charge in [0.15, 0.2) is 6.10 Å². The van der Waals surface area contributed by atoms with Crippen LogP contribution in [0.3, 0.4) is 0 Å². The zero-order valence-electron chi connectivity index (χ0n) is 34.7. The minimum atomic E-state index is -2.28. The number of para-hydroxylation sites is 1. The van der Waals surface area contributed by atoms with Crippen LogP contribution in [0.15, 0.2) is 60.3 Å². The van der Waals surface area contributed by atoms with Crippen molar-refractivity contribution < 1.29 is 38.4 Å². The minimum Gasteiger partial charge on any atom is -0.496 e. The highest BCUT2D eigenvalue weighted by molar-refractivity contribution is 5.95.